The van der Waals surface area contributed by atoms with E-state index in [1.54, 1.807) is 54.9 Å². The van der Waals surface area contributed by atoms with Crippen LogP contribution in [0.25, 0.3) is 10.9 Å². The van der Waals surface area contributed by atoms with E-state index in [0.717, 1.165) is 5.56 Å². The summed E-state index contributed by atoms with van der Waals surface area (Å²) in [5, 5.41) is 0.695. The second-order valence-corrected chi connectivity index (χ2v) is 11.8. The monoisotopic (exact) mass is 521 g/mol. The van der Waals surface area contributed by atoms with Gasteiger partial charge in [-0.05, 0) is 46.9 Å². The highest BCUT2D eigenvalue weighted by atomic mass is 32.2. The van der Waals surface area contributed by atoms with Crippen molar-refractivity contribution in [2.75, 3.05) is 14.2 Å². The van der Waals surface area contributed by atoms with Crippen LogP contribution in [0.2, 0.25) is 0 Å². The minimum absolute atomic E-state index is 0.0562. The topological polar surface area (TPSA) is 102 Å². The number of benzene rings is 2. The molecule has 4 aromatic rings. The van der Waals surface area contributed by atoms with Crippen molar-refractivity contribution in [3.05, 3.63) is 94.0 Å². The predicted octanol–water partition coefficient (Wildman–Crippen LogP) is 4.63. The van der Waals surface area contributed by atoms with Crippen molar-refractivity contribution in [1.82, 2.24) is 14.3 Å². The zero-order valence-corrected chi connectivity index (χ0v) is 22.4. The summed E-state index contributed by atoms with van der Waals surface area (Å²) in [5.74, 6) is 0.990. The first kappa shape index (κ1) is 26.4. The fourth-order valence-electron chi connectivity index (χ4n) is 4.08. The summed E-state index contributed by atoms with van der Waals surface area (Å²) in [6.45, 7) is 6.14. The molecule has 0 aliphatic rings. The quantitative estimate of drug-likeness (QED) is 0.363. The molecule has 2 aromatic heterocycles. The third-order valence-corrected chi connectivity index (χ3v) is 8.02. The van der Waals surface area contributed by atoms with E-state index in [2.05, 4.69) is 30.7 Å². The molecular formula is C28H31N3O5S. The van der Waals surface area contributed by atoms with Gasteiger partial charge in [-0.25, -0.2) is 8.42 Å². The van der Waals surface area contributed by atoms with Gasteiger partial charge < -0.3 is 14.5 Å². The zero-order valence-electron chi connectivity index (χ0n) is 21.6. The van der Waals surface area contributed by atoms with Crippen molar-refractivity contribution < 1.29 is 17.9 Å². The number of nitrogens with zero attached hydrogens (tertiary/aromatic N) is 2. The molecule has 194 valence electrons. The van der Waals surface area contributed by atoms with Gasteiger partial charge in [0.25, 0.3) is 5.56 Å². The number of aromatic amines is 1. The Bertz CT molecular complexity index is 1560. The minimum Gasteiger partial charge on any atom is -0.493 e. The summed E-state index contributed by atoms with van der Waals surface area (Å²) in [7, 11) is -0.895. The Morgan fingerprint density at radius 2 is 1.62 bits per heavy atom. The number of methoxy groups -OCH3 is 2. The number of pyridine rings is 2. The number of H-pyrrole nitrogens is 1. The third kappa shape index (κ3) is 5.68. The van der Waals surface area contributed by atoms with Gasteiger partial charge in [-0.3, -0.25) is 9.78 Å². The van der Waals surface area contributed by atoms with Gasteiger partial charge in [0.05, 0.1) is 24.6 Å². The van der Waals surface area contributed by atoms with E-state index in [1.807, 2.05) is 12.1 Å². The maximum Gasteiger partial charge on any atom is 0.252 e. The Hall–Kier alpha value is -3.69. The van der Waals surface area contributed by atoms with Crippen LogP contribution in [0.4, 0.5) is 0 Å². The summed E-state index contributed by atoms with van der Waals surface area (Å²) < 4.78 is 39.7. The highest BCUT2D eigenvalue weighted by molar-refractivity contribution is 7.89. The highest BCUT2D eigenvalue weighted by Crippen LogP contribution is 2.31. The van der Waals surface area contributed by atoms with Crippen molar-refractivity contribution in [2.24, 2.45) is 0 Å². The molecule has 0 amide bonds. The molecule has 0 fully saturated rings. The summed E-state index contributed by atoms with van der Waals surface area (Å²) >= 11 is 0. The molecule has 37 heavy (non-hydrogen) atoms. The van der Waals surface area contributed by atoms with E-state index in [-0.39, 0.29) is 29.0 Å². The Labute approximate surface area is 216 Å². The lowest BCUT2D eigenvalue weighted by Crippen LogP contribution is -2.32. The predicted molar refractivity (Wildman–Crippen MR) is 143 cm³/mol. The van der Waals surface area contributed by atoms with Gasteiger partial charge >= 0.3 is 0 Å². The molecule has 2 aromatic carbocycles. The van der Waals surface area contributed by atoms with E-state index in [1.165, 1.54) is 18.5 Å². The van der Waals surface area contributed by atoms with Gasteiger partial charge in [-0.15, -0.1) is 0 Å². The van der Waals surface area contributed by atoms with Crippen LogP contribution in [0.1, 0.15) is 37.5 Å². The van der Waals surface area contributed by atoms with Crippen molar-refractivity contribution in [3.63, 3.8) is 0 Å². The Morgan fingerprint density at radius 1 is 0.946 bits per heavy atom. The second kappa shape index (κ2) is 10.4. The van der Waals surface area contributed by atoms with Crippen LogP contribution in [0.15, 0.2) is 76.7 Å². The molecule has 9 heteroatoms. The van der Waals surface area contributed by atoms with Crippen molar-refractivity contribution >= 4 is 20.9 Å². The average molecular weight is 522 g/mol. The molecule has 0 radical (unpaired) electrons. The molecule has 0 atom stereocenters. The summed E-state index contributed by atoms with van der Waals surface area (Å²) in [4.78, 5) is 20.2. The SMILES string of the molecule is COc1cc2cc(CN(Cc3cccnc3)S(=O)(=O)c3ccc(C(C)(C)C)cc3)c(=O)[nH]c2cc1OC. The molecule has 0 bridgehead atoms. The van der Waals surface area contributed by atoms with Crippen LogP contribution in [-0.4, -0.2) is 36.9 Å². The van der Waals surface area contributed by atoms with Crippen LogP contribution >= 0.6 is 0 Å². The number of nitrogens with one attached hydrogen (secondary N) is 1. The first-order valence-electron chi connectivity index (χ1n) is 11.8. The van der Waals surface area contributed by atoms with E-state index in [9.17, 15) is 13.2 Å². The lowest BCUT2D eigenvalue weighted by atomic mass is 9.87. The van der Waals surface area contributed by atoms with Gasteiger partial charge in [0, 0.05) is 42.5 Å². The van der Waals surface area contributed by atoms with Crippen molar-refractivity contribution in [3.8, 4) is 11.5 Å². The largest absolute Gasteiger partial charge is 0.493 e. The summed E-state index contributed by atoms with van der Waals surface area (Å²) in [6.07, 6.45) is 3.25. The standard InChI is InChI=1S/C28H31N3O5S/c1-28(2,3)22-8-10-23(11-9-22)37(33,34)31(17-19-7-6-12-29-16-19)18-21-13-20-14-25(35-4)26(36-5)15-24(20)30-27(21)32/h6-16H,17-18H2,1-5H3,(H,30,32). The molecule has 1 N–H and O–H groups in total. The van der Waals surface area contributed by atoms with Gasteiger partial charge in [0.15, 0.2) is 11.5 Å². The molecule has 0 spiro atoms. The van der Waals surface area contributed by atoms with Gasteiger partial charge in [-0.1, -0.05) is 39.0 Å². The van der Waals surface area contributed by atoms with E-state index < -0.39 is 10.0 Å². The van der Waals surface area contributed by atoms with Gasteiger partial charge in [0.2, 0.25) is 10.0 Å². The Morgan fingerprint density at radius 3 is 2.22 bits per heavy atom. The molecule has 4 rings (SSSR count). The average Bonchev–Trinajstić information content (AvgIpc) is 2.88. The molecular weight excluding hydrogens is 490 g/mol. The van der Waals surface area contributed by atoms with Crippen LogP contribution < -0.4 is 15.0 Å². The summed E-state index contributed by atoms with van der Waals surface area (Å²) in [5.41, 5.74) is 2.11. The van der Waals surface area contributed by atoms with Crippen LogP contribution in [0.3, 0.4) is 0 Å². The number of hydrogen-bond acceptors (Lipinski definition) is 6. The van der Waals surface area contributed by atoms with E-state index >= 15 is 0 Å². The van der Waals surface area contributed by atoms with Crippen molar-refractivity contribution in [1.29, 1.82) is 0 Å². The fourth-order valence-corrected chi connectivity index (χ4v) is 5.49. The van der Waals surface area contributed by atoms with E-state index in [4.69, 9.17) is 9.47 Å². The first-order chi connectivity index (χ1) is 17.5. The zero-order chi connectivity index (χ0) is 26.8. The van der Waals surface area contributed by atoms with E-state index in [0.29, 0.717) is 33.5 Å². The fraction of sp³-hybridized carbons (Fsp3) is 0.286. The number of sulfonamides is 1. The third-order valence-electron chi connectivity index (χ3n) is 6.21. The van der Waals surface area contributed by atoms with Gasteiger partial charge in [-0.2, -0.15) is 4.31 Å². The molecule has 0 aliphatic carbocycles. The Kier molecular flexibility index (Phi) is 7.38. The molecule has 0 aliphatic heterocycles. The molecule has 2 heterocycles. The number of rotatable bonds is 8. The van der Waals surface area contributed by atoms with Crippen LogP contribution in [0, 0.1) is 0 Å². The van der Waals surface area contributed by atoms with Gasteiger partial charge in [0.1, 0.15) is 0 Å². The number of ether oxygens (including phenoxy) is 2. The summed E-state index contributed by atoms with van der Waals surface area (Å²) in [6, 6.07) is 15.6. The molecule has 0 unspecified atom stereocenters. The normalized spacial score (nSPS) is 12.2. The molecule has 0 saturated heterocycles. The number of aromatic nitrogens is 2. The van der Waals surface area contributed by atoms with Crippen molar-refractivity contribution in [2.45, 2.75) is 44.2 Å². The maximum absolute atomic E-state index is 13.8. The second-order valence-electron chi connectivity index (χ2n) is 9.83. The number of fused-ring (bicyclic) bond motifs is 1. The Balaban J connectivity index is 1.77. The minimum atomic E-state index is -3.95. The molecule has 8 nitrogen and oxygen atoms in total. The lowest BCUT2D eigenvalue weighted by Gasteiger charge is -2.23. The highest BCUT2D eigenvalue weighted by Gasteiger charge is 2.27. The molecule has 0 saturated carbocycles. The van der Waals surface area contributed by atoms with Crippen LogP contribution in [-0.2, 0) is 28.5 Å². The lowest BCUT2D eigenvalue weighted by molar-refractivity contribution is 0.355. The smallest absolute Gasteiger partial charge is 0.252 e. The number of hydrogen-bond donors (Lipinski definition) is 1. The first-order valence-corrected chi connectivity index (χ1v) is 13.2. The maximum atomic E-state index is 13.8. The van der Waals surface area contributed by atoms with Crippen LogP contribution in [0.5, 0.6) is 11.5 Å².